The first-order chi connectivity index (χ1) is 1.73. The summed E-state index contributed by atoms with van der Waals surface area (Å²) in [5, 5.41) is 0. The van der Waals surface area contributed by atoms with Crippen molar-refractivity contribution < 1.29 is 116 Å². The van der Waals surface area contributed by atoms with Gasteiger partial charge in [0, 0.05) is 9.17 Å². The first-order valence-electron chi connectivity index (χ1n) is 0.612. The van der Waals surface area contributed by atoms with Gasteiger partial charge in [-0.15, -0.1) is 0 Å². The molecule has 0 heterocycles. The predicted molar refractivity (Wildman–Crippen MR) is 30.4 cm³/mol. The summed E-state index contributed by atoms with van der Waals surface area (Å²) in [5.41, 5.74) is 0. The van der Waals surface area contributed by atoms with Gasteiger partial charge in [0.05, 0.1) is 0 Å². The summed E-state index contributed by atoms with van der Waals surface area (Å²) >= 11 is 0. The van der Waals surface area contributed by atoms with E-state index in [0.29, 0.717) is 0 Å². The van der Waals surface area contributed by atoms with Gasteiger partial charge in [-0.1, -0.05) is 0 Å². The number of halogens is 1. The van der Waals surface area contributed by atoms with E-state index in [1.165, 1.54) is 0 Å². The third-order valence-corrected chi connectivity index (χ3v) is 0. The predicted octanol–water partition coefficient (Wildman–Crippen LogP) is -15.3. The molecule has 44 valence electrons. The van der Waals surface area contributed by atoms with Gasteiger partial charge in [-0.3, -0.25) is 0 Å². The third kappa shape index (κ3) is 104. The quantitative estimate of drug-likeness (QED) is 0.397. The van der Waals surface area contributed by atoms with Crippen molar-refractivity contribution in [2.75, 3.05) is 0 Å². The number of hydrogen-bond acceptors (Lipinski definition) is 3. The van der Waals surface area contributed by atoms with Crippen LogP contribution < -0.4 is 103 Å². The monoisotopic (exact) mass is 242 g/mol. The molecule has 0 N–H and O–H groups in total. The molecular weight excluding hydrogens is 237 g/mol. The van der Waals surface area contributed by atoms with Gasteiger partial charge < -0.3 is 27.3 Å². The summed E-state index contributed by atoms with van der Waals surface area (Å²) in [6.07, 6.45) is 0. The van der Waals surface area contributed by atoms with Crippen LogP contribution in [0.5, 0.6) is 0 Å². The van der Waals surface area contributed by atoms with E-state index >= 15 is 0 Å². The van der Waals surface area contributed by atoms with Gasteiger partial charge in [-0.05, 0) is 0 Å². The van der Waals surface area contributed by atoms with Gasteiger partial charge in [0.15, 0.2) is 0 Å². The van der Waals surface area contributed by atoms with E-state index in [-0.39, 0.29) is 171 Å². The van der Waals surface area contributed by atoms with Crippen LogP contribution in [0.4, 0.5) is 0 Å². The molecule has 0 saturated carbocycles. The standard InChI is InChI=1S/FH.3Mg.3Na.O3Si.6H/c;;;;;;;1-4(2)3;;;;;;/h1H;;;;;;;;;;;;;/q;3*+2;3*+1;-2;6*-1/p-1. The number of rotatable bonds is 0. The Morgan fingerprint density at radius 1 is 0.909 bits per heavy atom. The third-order valence-electron chi connectivity index (χ3n) is 0. The maximum absolute atomic E-state index is 8.52. The Labute approximate surface area is 190 Å². The van der Waals surface area contributed by atoms with Crippen molar-refractivity contribution in [3.05, 3.63) is 0 Å². The second kappa shape index (κ2) is 46.2. The SMILES string of the molecule is O=[Si]([O-])[O-].[F-].[H-].[H-].[H-].[H-].[H-].[H-].[Mg+2].[Mg+2].[Mg+2].[Na+].[Na+].[Na+]. The van der Waals surface area contributed by atoms with Crippen molar-refractivity contribution >= 4 is 78.3 Å². The van der Waals surface area contributed by atoms with Gasteiger partial charge in [0.25, 0.3) is 0 Å². The summed E-state index contributed by atoms with van der Waals surface area (Å²) in [7, 11) is -3.63. The number of hydrogen-bond donors (Lipinski definition) is 0. The Bertz CT molecular complexity index is 62.7. The van der Waals surface area contributed by atoms with Gasteiger partial charge in [-0.2, -0.15) is 0 Å². The zero-order chi connectivity index (χ0) is 3.58. The van der Waals surface area contributed by atoms with Crippen molar-refractivity contribution in [2.24, 2.45) is 0 Å². The van der Waals surface area contributed by atoms with Crippen LogP contribution in [0, 0.1) is 0 Å². The maximum Gasteiger partial charge on any atom is 2.00 e. The molecule has 11 heavy (non-hydrogen) atoms. The van der Waals surface area contributed by atoms with Crippen LogP contribution in [0.25, 0.3) is 0 Å². The Hall–Kier alpha value is 4.85. The van der Waals surface area contributed by atoms with Crippen molar-refractivity contribution in [1.82, 2.24) is 0 Å². The van der Waals surface area contributed by atoms with E-state index in [1.807, 2.05) is 0 Å². The zero-order valence-corrected chi connectivity index (χ0v) is 18.5. The van der Waals surface area contributed by atoms with Crippen LogP contribution in [0.1, 0.15) is 8.56 Å². The molecule has 0 aliphatic carbocycles. The minimum Gasteiger partial charge on any atom is -1.00 e. The van der Waals surface area contributed by atoms with Gasteiger partial charge in [0.2, 0.25) is 0 Å². The van der Waals surface area contributed by atoms with Crippen LogP contribution in [0.3, 0.4) is 0 Å². The Morgan fingerprint density at radius 3 is 0.909 bits per heavy atom. The van der Waals surface area contributed by atoms with Crippen LogP contribution >= 0.6 is 0 Å². The average Bonchev–Trinajstić information content (AvgIpc) is 0.811. The molecule has 0 fully saturated rings. The van der Waals surface area contributed by atoms with E-state index in [2.05, 4.69) is 0 Å². The molecule has 0 radical (unpaired) electrons. The van der Waals surface area contributed by atoms with E-state index in [0.717, 1.165) is 0 Å². The summed E-state index contributed by atoms with van der Waals surface area (Å²) < 4.78 is 8.52. The topological polar surface area (TPSA) is 63.2 Å². The van der Waals surface area contributed by atoms with E-state index in [1.54, 1.807) is 0 Å². The second-order valence-corrected chi connectivity index (χ2v) is 0.750. The second-order valence-electron chi connectivity index (χ2n) is 0.250. The van der Waals surface area contributed by atoms with E-state index < -0.39 is 9.17 Å². The Morgan fingerprint density at radius 2 is 0.909 bits per heavy atom. The van der Waals surface area contributed by atoms with Crippen molar-refractivity contribution in [1.29, 1.82) is 0 Å². The van der Waals surface area contributed by atoms with Gasteiger partial charge in [-0.25, -0.2) is 0 Å². The van der Waals surface area contributed by atoms with Crippen LogP contribution in [0.15, 0.2) is 0 Å². The molecule has 0 aromatic heterocycles. The molecule has 11 heteroatoms. The Balaban J connectivity index is -0.000000000577. The largest absolute Gasteiger partial charge is 2.00 e. The maximum atomic E-state index is 8.52. The average molecular weight is 243 g/mol. The van der Waals surface area contributed by atoms with Crippen molar-refractivity contribution in [3.63, 3.8) is 0 Å². The molecule has 0 unspecified atom stereocenters. The van der Waals surface area contributed by atoms with Crippen molar-refractivity contribution in [3.8, 4) is 0 Å². The molecule has 0 spiro atoms. The van der Waals surface area contributed by atoms with Crippen LogP contribution in [-0.4, -0.2) is 78.3 Å². The summed E-state index contributed by atoms with van der Waals surface area (Å²) in [6, 6.07) is 0. The molecule has 0 bridgehead atoms. The fraction of sp³-hybridized carbons (Fsp3) is 0. The van der Waals surface area contributed by atoms with Crippen LogP contribution in [0.2, 0.25) is 0 Å². The van der Waals surface area contributed by atoms with Crippen LogP contribution in [-0.2, 0) is 4.46 Å². The smallest absolute Gasteiger partial charge is 1.00 e. The van der Waals surface area contributed by atoms with Gasteiger partial charge >= 0.3 is 158 Å². The zero-order valence-electron chi connectivity index (χ0n) is 13.2. The molecule has 0 aliphatic heterocycles. The summed E-state index contributed by atoms with van der Waals surface area (Å²) in [5.74, 6) is 0. The minimum absolute atomic E-state index is 0. The summed E-state index contributed by atoms with van der Waals surface area (Å²) in [4.78, 5) is 17.0. The van der Waals surface area contributed by atoms with Gasteiger partial charge in [0.1, 0.15) is 0 Å². The molecule has 0 aromatic carbocycles. The normalized spacial score (nSPS) is 2.18. The van der Waals surface area contributed by atoms with E-state index in [9.17, 15) is 0 Å². The fourth-order valence-electron chi connectivity index (χ4n) is 0. The minimum atomic E-state index is -3.63. The molecule has 0 amide bonds. The molecule has 3 nitrogen and oxygen atoms in total. The molecular formula is H6FMg3Na3O3Si. The molecule has 0 saturated heterocycles. The molecule has 0 aliphatic rings. The molecule has 0 aromatic rings. The first-order valence-corrected chi connectivity index (χ1v) is 1.84. The first kappa shape index (κ1) is 56.7. The summed E-state index contributed by atoms with van der Waals surface area (Å²) in [6.45, 7) is 0. The molecule has 0 atom stereocenters. The van der Waals surface area contributed by atoms with E-state index in [4.69, 9.17) is 14.1 Å². The molecule has 0 rings (SSSR count). The van der Waals surface area contributed by atoms with Crippen molar-refractivity contribution in [2.45, 2.75) is 0 Å². The fourth-order valence-corrected chi connectivity index (χ4v) is 0. The Kier molecular flexibility index (Phi) is 238.